The number of benzene rings is 1. The van der Waals surface area contributed by atoms with Gasteiger partial charge < -0.3 is 19.6 Å². The van der Waals surface area contributed by atoms with Crippen molar-refractivity contribution in [3.63, 3.8) is 0 Å². The Hall–Kier alpha value is -4.09. The molecule has 4 heterocycles. The second-order valence-electron chi connectivity index (χ2n) is 10.3. The SMILES string of the molecule is CC(C)Cc1ccc(CC(=O)O)cc1.CN1CCN(C(=O)OC2c3nccnc3C(=O)N2c2ccc(Cl)cn2)CC1. The van der Waals surface area contributed by atoms with Gasteiger partial charge in [0.25, 0.3) is 5.91 Å². The normalized spacial score (nSPS) is 16.7. The first-order chi connectivity index (χ1) is 19.6. The highest BCUT2D eigenvalue weighted by Crippen LogP contribution is 2.35. The van der Waals surface area contributed by atoms with Crippen molar-refractivity contribution >= 4 is 35.4 Å². The molecule has 41 heavy (non-hydrogen) atoms. The molecule has 216 valence electrons. The minimum absolute atomic E-state index is 0.113. The van der Waals surface area contributed by atoms with E-state index in [4.69, 9.17) is 21.4 Å². The van der Waals surface area contributed by atoms with Crippen molar-refractivity contribution in [2.75, 3.05) is 38.1 Å². The van der Waals surface area contributed by atoms with E-state index < -0.39 is 24.2 Å². The van der Waals surface area contributed by atoms with Crippen molar-refractivity contribution < 1.29 is 24.2 Å². The number of pyridine rings is 1. The molecule has 12 heteroatoms. The maximum absolute atomic E-state index is 12.8. The molecule has 2 aromatic heterocycles. The Labute approximate surface area is 243 Å². The second-order valence-corrected chi connectivity index (χ2v) is 10.7. The van der Waals surface area contributed by atoms with Crippen LogP contribution in [0.15, 0.2) is 55.0 Å². The molecule has 0 bridgehead atoms. The van der Waals surface area contributed by atoms with Gasteiger partial charge in [-0.15, -0.1) is 0 Å². The standard InChI is InChI=1S/C17H17ClN6O3.C12H16O2/c1-22-6-8-23(9-7-22)17(26)27-16-14-13(19-4-5-20-14)15(25)24(16)12-3-2-11(18)10-21-12;1-9(2)7-10-3-5-11(6-4-10)8-12(13)14/h2-5,10,16H,6-9H2,1H3;3-6,9H,7-8H2,1-2H3,(H,13,14). The summed E-state index contributed by atoms with van der Waals surface area (Å²) in [6.07, 6.45) is 3.94. The molecule has 5 rings (SSSR count). The molecule has 2 aliphatic heterocycles. The van der Waals surface area contributed by atoms with Crippen molar-refractivity contribution in [1.82, 2.24) is 24.8 Å². The summed E-state index contributed by atoms with van der Waals surface area (Å²) in [6.45, 7) is 6.98. The van der Waals surface area contributed by atoms with Gasteiger partial charge in [0, 0.05) is 44.8 Å². The number of likely N-dealkylation sites (N-methyl/N-ethyl adjacent to an activating group) is 1. The smallest absolute Gasteiger partial charge is 0.412 e. The van der Waals surface area contributed by atoms with Crippen LogP contribution in [0.5, 0.6) is 0 Å². The Morgan fingerprint density at radius 1 is 1.00 bits per heavy atom. The Balaban J connectivity index is 0.000000234. The third-order valence-corrected chi connectivity index (χ3v) is 6.79. The van der Waals surface area contributed by atoms with Crippen LogP contribution < -0.4 is 4.90 Å². The van der Waals surface area contributed by atoms with Crippen molar-refractivity contribution in [3.05, 3.63) is 82.5 Å². The number of amides is 2. The summed E-state index contributed by atoms with van der Waals surface area (Å²) in [5, 5.41) is 9.02. The van der Waals surface area contributed by atoms with Gasteiger partial charge in [0.05, 0.1) is 11.4 Å². The number of fused-ring (bicyclic) bond motifs is 1. The number of carboxylic acid groups (broad SMARTS) is 1. The van der Waals surface area contributed by atoms with Gasteiger partial charge in [-0.25, -0.2) is 19.7 Å². The number of carbonyl (C=O) groups excluding carboxylic acids is 2. The lowest BCUT2D eigenvalue weighted by Crippen LogP contribution is -2.48. The minimum Gasteiger partial charge on any atom is -0.481 e. The third-order valence-electron chi connectivity index (χ3n) is 6.57. The van der Waals surface area contributed by atoms with Gasteiger partial charge in [-0.05, 0) is 42.6 Å². The van der Waals surface area contributed by atoms with Gasteiger partial charge in [-0.1, -0.05) is 49.7 Å². The number of rotatable bonds is 6. The number of anilines is 1. The van der Waals surface area contributed by atoms with E-state index in [0.717, 1.165) is 25.1 Å². The summed E-state index contributed by atoms with van der Waals surface area (Å²) in [4.78, 5) is 53.4. The summed E-state index contributed by atoms with van der Waals surface area (Å²) < 4.78 is 5.68. The fourth-order valence-corrected chi connectivity index (χ4v) is 4.59. The highest BCUT2D eigenvalue weighted by molar-refractivity contribution is 6.30. The number of carbonyl (C=O) groups is 3. The van der Waals surface area contributed by atoms with E-state index in [1.54, 1.807) is 17.0 Å². The third kappa shape index (κ3) is 7.77. The van der Waals surface area contributed by atoms with Gasteiger partial charge >= 0.3 is 12.1 Å². The average molecular weight is 581 g/mol. The zero-order valence-electron chi connectivity index (χ0n) is 23.2. The monoisotopic (exact) mass is 580 g/mol. The Morgan fingerprint density at radius 2 is 1.66 bits per heavy atom. The summed E-state index contributed by atoms with van der Waals surface area (Å²) >= 11 is 5.89. The molecule has 1 fully saturated rings. The predicted molar refractivity (Wildman–Crippen MR) is 153 cm³/mol. The molecule has 1 unspecified atom stereocenters. The van der Waals surface area contributed by atoms with Crippen molar-refractivity contribution in [2.45, 2.75) is 32.9 Å². The van der Waals surface area contributed by atoms with Crippen LogP contribution in [0.4, 0.5) is 10.6 Å². The highest BCUT2D eigenvalue weighted by atomic mass is 35.5. The molecule has 1 saturated heterocycles. The molecule has 1 aromatic carbocycles. The number of hydrogen-bond acceptors (Lipinski definition) is 8. The van der Waals surface area contributed by atoms with Crippen LogP contribution in [0, 0.1) is 5.92 Å². The first-order valence-electron chi connectivity index (χ1n) is 13.3. The van der Waals surface area contributed by atoms with Gasteiger partial charge in [0.1, 0.15) is 11.5 Å². The molecule has 2 aliphatic rings. The van der Waals surface area contributed by atoms with Crippen molar-refractivity contribution in [2.24, 2.45) is 5.92 Å². The molecule has 0 radical (unpaired) electrons. The maximum atomic E-state index is 12.8. The van der Waals surface area contributed by atoms with E-state index in [2.05, 4.69) is 33.7 Å². The van der Waals surface area contributed by atoms with Crippen molar-refractivity contribution in [1.29, 1.82) is 0 Å². The number of hydrogen-bond donors (Lipinski definition) is 1. The van der Waals surface area contributed by atoms with E-state index in [9.17, 15) is 14.4 Å². The van der Waals surface area contributed by atoms with Gasteiger partial charge in [-0.2, -0.15) is 0 Å². The van der Waals surface area contributed by atoms with E-state index in [-0.39, 0.29) is 12.1 Å². The fraction of sp³-hybridized carbons (Fsp3) is 0.379. The van der Waals surface area contributed by atoms with Crippen LogP contribution in [0.2, 0.25) is 5.02 Å². The summed E-state index contributed by atoms with van der Waals surface area (Å²) in [5.41, 5.74) is 2.58. The molecule has 1 N–H and O–H groups in total. The summed E-state index contributed by atoms with van der Waals surface area (Å²) in [6, 6.07) is 11.0. The second kappa shape index (κ2) is 13.5. The summed E-state index contributed by atoms with van der Waals surface area (Å²) in [5.74, 6) is -0.258. The molecule has 0 spiro atoms. The Kier molecular flexibility index (Phi) is 9.85. The molecule has 1 atom stereocenters. The zero-order valence-corrected chi connectivity index (χ0v) is 24.0. The number of carboxylic acids is 1. The molecular formula is C29H33ClN6O5. The van der Waals surface area contributed by atoms with Crippen LogP contribution >= 0.6 is 11.6 Å². The van der Waals surface area contributed by atoms with Crippen LogP contribution in [-0.2, 0) is 22.4 Å². The quantitative estimate of drug-likeness (QED) is 0.458. The maximum Gasteiger partial charge on any atom is 0.412 e. The number of piperazine rings is 1. The fourth-order valence-electron chi connectivity index (χ4n) is 4.48. The topological polar surface area (TPSA) is 129 Å². The van der Waals surface area contributed by atoms with E-state index >= 15 is 0 Å². The molecule has 0 saturated carbocycles. The van der Waals surface area contributed by atoms with Gasteiger partial charge in [-0.3, -0.25) is 14.6 Å². The van der Waals surface area contributed by atoms with E-state index in [0.29, 0.717) is 35.5 Å². The minimum atomic E-state index is -1.03. The molecule has 0 aliphatic carbocycles. The van der Waals surface area contributed by atoms with Gasteiger partial charge in [0.2, 0.25) is 6.23 Å². The van der Waals surface area contributed by atoms with Crippen LogP contribution in [0.25, 0.3) is 0 Å². The zero-order chi connectivity index (χ0) is 29.5. The number of ether oxygens (including phenoxy) is 1. The number of aliphatic carboxylic acids is 1. The lowest BCUT2D eigenvalue weighted by molar-refractivity contribution is -0.136. The average Bonchev–Trinajstić information content (AvgIpc) is 3.21. The van der Waals surface area contributed by atoms with Crippen LogP contribution in [0.3, 0.4) is 0 Å². The Bertz CT molecular complexity index is 1360. The largest absolute Gasteiger partial charge is 0.481 e. The Morgan fingerprint density at radius 3 is 2.27 bits per heavy atom. The predicted octanol–water partition coefficient (Wildman–Crippen LogP) is 4.08. The van der Waals surface area contributed by atoms with Crippen LogP contribution in [-0.4, -0.2) is 81.1 Å². The highest BCUT2D eigenvalue weighted by Gasteiger charge is 2.44. The lowest BCUT2D eigenvalue weighted by Gasteiger charge is -2.33. The molecule has 2 amide bonds. The lowest BCUT2D eigenvalue weighted by atomic mass is 10.0. The first kappa shape index (κ1) is 29.9. The first-order valence-corrected chi connectivity index (χ1v) is 13.7. The molecule has 11 nitrogen and oxygen atoms in total. The van der Waals surface area contributed by atoms with Crippen LogP contribution in [0.1, 0.15) is 47.4 Å². The van der Waals surface area contributed by atoms with E-state index in [1.807, 2.05) is 31.3 Å². The number of nitrogens with zero attached hydrogens (tertiary/aromatic N) is 6. The number of aromatic nitrogens is 3. The summed E-state index contributed by atoms with van der Waals surface area (Å²) in [7, 11) is 2.00. The molecular weight excluding hydrogens is 548 g/mol. The number of halogens is 1. The van der Waals surface area contributed by atoms with E-state index in [1.165, 1.54) is 29.1 Å². The van der Waals surface area contributed by atoms with Crippen molar-refractivity contribution in [3.8, 4) is 0 Å². The molecule has 3 aromatic rings. The van der Waals surface area contributed by atoms with Gasteiger partial charge in [0.15, 0.2) is 5.69 Å².